The summed E-state index contributed by atoms with van der Waals surface area (Å²) in [7, 11) is 3.87. The standard InChI is InChI=1S/C13H20N4O/c1-8-15-10-5-4-9(6-11(10)16-8)13(17(2)3)12(18)7-14/h4-6,12-13,18H,7,14H2,1-3H3,(H,15,16). The lowest BCUT2D eigenvalue weighted by molar-refractivity contribution is 0.0824. The molecule has 2 aromatic rings. The highest BCUT2D eigenvalue weighted by molar-refractivity contribution is 5.76. The number of aliphatic hydroxyl groups is 1. The molecule has 5 heteroatoms. The normalized spacial score (nSPS) is 15.2. The van der Waals surface area contributed by atoms with E-state index in [2.05, 4.69) is 9.97 Å². The van der Waals surface area contributed by atoms with E-state index in [1.165, 1.54) is 0 Å². The Labute approximate surface area is 107 Å². The van der Waals surface area contributed by atoms with Crippen LogP contribution in [0, 0.1) is 6.92 Å². The fraction of sp³-hybridized carbons (Fsp3) is 0.462. The van der Waals surface area contributed by atoms with Crippen LogP contribution in [0.2, 0.25) is 0 Å². The van der Waals surface area contributed by atoms with Gasteiger partial charge < -0.3 is 20.7 Å². The molecule has 0 fully saturated rings. The lowest BCUT2D eigenvalue weighted by Crippen LogP contribution is -2.36. The van der Waals surface area contributed by atoms with E-state index in [1.807, 2.05) is 44.1 Å². The summed E-state index contributed by atoms with van der Waals surface area (Å²) in [6.45, 7) is 2.17. The van der Waals surface area contributed by atoms with Crippen molar-refractivity contribution in [3.8, 4) is 0 Å². The van der Waals surface area contributed by atoms with Gasteiger partial charge in [0.1, 0.15) is 5.82 Å². The van der Waals surface area contributed by atoms with Crippen molar-refractivity contribution in [2.24, 2.45) is 5.73 Å². The Balaban J connectivity index is 2.43. The number of rotatable bonds is 4. The fourth-order valence-corrected chi connectivity index (χ4v) is 2.33. The molecule has 1 heterocycles. The molecular weight excluding hydrogens is 228 g/mol. The van der Waals surface area contributed by atoms with Crippen LogP contribution in [0.3, 0.4) is 0 Å². The van der Waals surface area contributed by atoms with Crippen molar-refractivity contribution in [2.45, 2.75) is 19.1 Å². The maximum atomic E-state index is 10.0. The zero-order chi connectivity index (χ0) is 13.3. The average molecular weight is 248 g/mol. The van der Waals surface area contributed by atoms with Gasteiger partial charge in [-0.1, -0.05) is 6.07 Å². The van der Waals surface area contributed by atoms with Gasteiger partial charge in [-0.15, -0.1) is 0 Å². The average Bonchev–Trinajstić information content (AvgIpc) is 2.68. The minimum atomic E-state index is -0.582. The Kier molecular flexibility index (Phi) is 3.65. The Morgan fingerprint density at radius 1 is 1.44 bits per heavy atom. The largest absolute Gasteiger partial charge is 0.390 e. The summed E-state index contributed by atoms with van der Waals surface area (Å²) in [6, 6.07) is 5.88. The van der Waals surface area contributed by atoms with E-state index in [0.29, 0.717) is 0 Å². The number of fused-ring (bicyclic) bond motifs is 1. The van der Waals surface area contributed by atoms with Gasteiger partial charge in [-0.05, 0) is 38.7 Å². The molecule has 0 aliphatic rings. The summed E-state index contributed by atoms with van der Waals surface area (Å²) < 4.78 is 0. The number of imidazole rings is 1. The molecule has 0 saturated carbocycles. The number of aliphatic hydroxyl groups excluding tert-OH is 1. The maximum absolute atomic E-state index is 10.0. The second-order valence-electron chi connectivity index (χ2n) is 4.81. The monoisotopic (exact) mass is 248 g/mol. The van der Waals surface area contributed by atoms with Gasteiger partial charge >= 0.3 is 0 Å². The summed E-state index contributed by atoms with van der Waals surface area (Å²) in [5.41, 5.74) is 8.53. The summed E-state index contributed by atoms with van der Waals surface area (Å²) in [6.07, 6.45) is -0.582. The topological polar surface area (TPSA) is 78.2 Å². The van der Waals surface area contributed by atoms with Crippen LogP contribution >= 0.6 is 0 Å². The molecule has 2 atom stereocenters. The molecule has 0 aliphatic carbocycles. The number of nitrogens with one attached hydrogen (secondary N) is 1. The minimum Gasteiger partial charge on any atom is -0.390 e. The molecule has 1 aromatic heterocycles. The molecule has 18 heavy (non-hydrogen) atoms. The van der Waals surface area contributed by atoms with Crippen molar-refractivity contribution in [1.82, 2.24) is 14.9 Å². The highest BCUT2D eigenvalue weighted by atomic mass is 16.3. The molecular formula is C13H20N4O. The predicted octanol–water partition coefficient (Wildman–Crippen LogP) is 0.794. The predicted molar refractivity (Wildman–Crippen MR) is 72.3 cm³/mol. The number of hydrogen-bond acceptors (Lipinski definition) is 4. The molecule has 2 rings (SSSR count). The molecule has 0 saturated heterocycles. The molecule has 0 aliphatic heterocycles. The van der Waals surface area contributed by atoms with Gasteiger partial charge in [0.25, 0.3) is 0 Å². The molecule has 5 nitrogen and oxygen atoms in total. The highest BCUT2D eigenvalue weighted by Gasteiger charge is 2.22. The zero-order valence-corrected chi connectivity index (χ0v) is 11.0. The van der Waals surface area contributed by atoms with Crippen LogP contribution in [0.25, 0.3) is 11.0 Å². The molecule has 0 amide bonds. The third kappa shape index (κ3) is 2.38. The third-order valence-corrected chi connectivity index (χ3v) is 3.13. The van der Waals surface area contributed by atoms with Crippen molar-refractivity contribution in [1.29, 1.82) is 0 Å². The fourth-order valence-electron chi connectivity index (χ4n) is 2.33. The summed E-state index contributed by atoms with van der Waals surface area (Å²) in [5, 5.41) is 10.0. The van der Waals surface area contributed by atoms with Gasteiger partial charge in [0, 0.05) is 6.54 Å². The van der Waals surface area contributed by atoms with Gasteiger partial charge in [0.05, 0.1) is 23.2 Å². The number of H-pyrrole nitrogens is 1. The van der Waals surface area contributed by atoms with E-state index in [0.717, 1.165) is 22.4 Å². The van der Waals surface area contributed by atoms with Gasteiger partial charge in [0.2, 0.25) is 0 Å². The summed E-state index contributed by atoms with van der Waals surface area (Å²) >= 11 is 0. The first-order valence-electron chi connectivity index (χ1n) is 6.03. The Morgan fingerprint density at radius 3 is 2.78 bits per heavy atom. The first kappa shape index (κ1) is 13.0. The summed E-state index contributed by atoms with van der Waals surface area (Å²) in [4.78, 5) is 9.55. The van der Waals surface area contributed by atoms with Crippen molar-refractivity contribution in [2.75, 3.05) is 20.6 Å². The van der Waals surface area contributed by atoms with Gasteiger partial charge in [-0.25, -0.2) is 4.98 Å². The molecule has 2 unspecified atom stereocenters. The first-order chi connectivity index (χ1) is 8.52. The number of nitrogens with zero attached hydrogens (tertiary/aromatic N) is 2. The maximum Gasteiger partial charge on any atom is 0.104 e. The number of aromatic amines is 1. The van der Waals surface area contributed by atoms with Crippen LogP contribution in [0.1, 0.15) is 17.4 Å². The van der Waals surface area contributed by atoms with Crippen LogP contribution in [0.5, 0.6) is 0 Å². The number of nitrogens with two attached hydrogens (primary N) is 1. The molecule has 0 radical (unpaired) electrons. The summed E-state index contributed by atoms with van der Waals surface area (Å²) in [5.74, 6) is 0.892. The quantitative estimate of drug-likeness (QED) is 0.747. The lowest BCUT2D eigenvalue weighted by atomic mass is 10.00. The molecule has 98 valence electrons. The third-order valence-electron chi connectivity index (χ3n) is 3.13. The second-order valence-corrected chi connectivity index (χ2v) is 4.81. The van der Waals surface area contributed by atoms with Crippen LogP contribution in [-0.4, -0.2) is 46.7 Å². The first-order valence-corrected chi connectivity index (χ1v) is 6.03. The minimum absolute atomic E-state index is 0.108. The second kappa shape index (κ2) is 5.06. The molecule has 1 aromatic carbocycles. The van der Waals surface area contributed by atoms with Crippen molar-refractivity contribution < 1.29 is 5.11 Å². The Morgan fingerprint density at radius 2 is 2.17 bits per heavy atom. The number of likely N-dealkylation sites (N-methyl/N-ethyl adjacent to an activating group) is 1. The van der Waals surface area contributed by atoms with Gasteiger partial charge in [-0.3, -0.25) is 0 Å². The van der Waals surface area contributed by atoms with Crippen LogP contribution in [0.15, 0.2) is 18.2 Å². The number of aryl methyl sites for hydroxylation is 1. The van der Waals surface area contributed by atoms with E-state index < -0.39 is 6.10 Å². The molecule has 4 N–H and O–H groups in total. The Hall–Kier alpha value is -1.43. The van der Waals surface area contributed by atoms with Crippen LogP contribution < -0.4 is 5.73 Å². The number of benzene rings is 1. The SMILES string of the molecule is Cc1nc2ccc(C(C(O)CN)N(C)C)cc2[nH]1. The van der Waals surface area contributed by atoms with E-state index in [4.69, 9.17) is 5.73 Å². The molecule has 0 spiro atoms. The van der Waals surface area contributed by atoms with Crippen molar-refractivity contribution >= 4 is 11.0 Å². The van der Waals surface area contributed by atoms with Crippen molar-refractivity contribution in [3.05, 3.63) is 29.6 Å². The smallest absolute Gasteiger partial charge is 0.104 e. The van der Waals surface area contributed by atoms with Gasteiger partial charge in [0.15, 0.2) is 0 Å². The van der Waals surface area contributed by atoms with E-state index >= 15 is 0 Å². The van der Waals surface area contributed by atoms with E-state index in [1.54, 1.807) is 0 Å². The van der Waals surface area contributed by atoms with Crippen molar-refractivity contribution in [3.63, 3.8) is 0 Å². The molecule has 0 bridgehead atoms. The van der Waals surface area contributed by atoms with Crippen LogP contribution in [0.4, 0.5) is 0 Å². The Bertz CT molecular complexity index is 535. The van der Waals surface area contributed by atoms with E-state index in [-0.39, 0.29) is 12.6 Å². The van der Waals surface area contributed by atoms with Gasteiger partial charge in [-0.2, -0.15) is 0 Å². The van der Waals surface area contributed by atoms with E-state index in [9.17, 15) is 5.11 Å². The number of hydrogen-bond donors (Lipinski definition) is 3. The number of aromatic nitrogens is 2. The lowest BCUT2D eigenvalue weighted by Gasteiger charge is -2.28. The highest BCUT2D eigenvalue weighted by Crippen LogP contribution is 2.24. The zero-order valence-electron chi connectivity index (χ0n) is 11.0. The van der Waals surface area contributed by atoms with Crippen LogP contribution in [-0.2, 0) is 0 Å².